The lowest BCUT2D eigenvalue weighted by molar-refractivity contribution is -0.689. The minimum Gasteiger partial charge on any atom is -0.543 e. The summed E-state index contributed by atoms with van der Waals surface area (Å²) >= 11 is 8.27. The van der Waals surface area contributed by atoms with Crippen LogP contribution in [0.25, 0.3) is 0 Å². The predicted molar refractivity (Wildman–Crippen MR) is 157 cm³/mol. The number of fused-ring (bicyclic) bond motifs is 1. The van der Waals surface area contributed by atoms with E-state index in [9.17, 15) is 24.3 Å². The molecule has 2 aromatic heterocycles. The van der Waals surface area contributed by atoms with Crippen LogP contribution in [0.3, 0.4) is 0 Å². The Kier molecular flexibility index (Phi) is 10.4. The average molecular weight is 653 g/mol. The van der Waals surface area contributed by atoms with Gasteiger partial charge in [-0.2, -0.15) is 0 Å². The Morgan fingerprint density at radius 3 is 2.67 bits per heavy atom. The first kappa shape index (κ1) is 32.0. The van der Waals surface area contributed by atoms with Gasteiger partial charge >= 0.3 is 5.97 Å². The minimum atomic E-state index is -1.51. The number of nitrogen functional groups attached to an aromatic ring is 1. The second-order valence-electron chi connectivity index (χ2n) is 9.44. The van der Waals surface area contributed by atoms with Crippen molar-refractivity contribution in [3.63, 3.8) is 0 Å². The molecule has 2 amide bonds. The van der Waals surface area contributed by atoms with E-state index in [-0.39, 0.29) is 33.2 Å². The van der Waals surface area contributed by atoms with Gasteiger partial charge < -0.3 is 41.5 Å². The van der Waals surface area contributed by atoms with Gasteiger partial charge in [-0.1, -0.05) is 28.1 Å². The topological polar surface area (TPSA) is 215 Å². The first-order valence-corrected chi connectivity index (χ1v) is 15.2. The van der Waals surface area contributed by atoms with E-state index < -0.39 is 47.0 Å². The Morgan fingerprint density at radius 2 is 2.07 bits per heavy atom. The lowest BCUT2D eigenvalue weighted by Gasteiger charge is -2.50. The molecule has 0 aliphatic carbocycles. The molecule has 2 aliphatic heterocycles. The zero-order valence-electron chi connectivity index (χ0n) is 23.0. The number of nitrogens with zero attached hydrogens (tertiary/aromatic N) is 4. The van der Waals surface area contributed by atoms with E-state index in [0.717, 1.165) is 41.4 Å². The van der Waals surface area contributed by atoms with Crippen molar-refractivity contribution in [3.05, 3.63) is 45.8 Å². The van der Waals surface area contributed by atoms with Crippen LogP contribution in [0.4, 0.5) is 10.8 Å². The van der Waals surface area contributed by atoms with Gasteiger partial charge in [0.1, 0.15) is 21.4 Å². The van der Waals surface area contributed by atoms with E-state index in [1.54, 1.807) is 4.57 Å². The van der Waals surface area contributed by atoms with Crippen LogP contribution in [-0.2, 0) is 30.6 Å². The number of hydrogen-bond donors (Lipinski definition) is 5. The van der Waals surface area contributed by atoms with Crippen molar-refractivity contribution in [1.82, 2.24) is 20.5 Å². The summed E-state index contributed by atoms with van der Waals surface area (Å²) in [6.07, 6.45) is 3.16. The molecule has 4 heterocycles. The highest BCUT2D eigenvalue weighted by Gasteiger charge is 2.53. The predicted octanol–water partition coefficient (Wildman–Crippen LogP) is -1.01. The Labute approximate surface area is 259 Å². The van der Waals surface area contributed by atoms with Crippen LogP contribution in [0.5, 0.6) is 0 Å². The van der Waals surface area contributed by atoms with E-state index in [1.165, 1.54) is 18.7 Å². The number of aromatic nitrogens is 2. The fourth-order valence-electron chi connectivity index (χ4n) is 4.23. The number of hydrogen-bond acceptors (Lipinski definition) is 13. The third-order valence-corrected chi connectivity index (χ3v) is 8.84. The van der Waals surface area contributed by atoms with Crippen LogP contribution in [0.15, 0.2) is 41.0 Å². The third-order valence-electron chi connectivity index (χ3n) is 6.42. The Morgan fingerprint density at radius 1 is 1.35 bits per heavy atom. The van der Waals surface area contributed by atoms with Crippen molar-refractivity contribution in [2.24, 2.45) is 5.16 Å². The van der Waals surface area contributed by atoms with E-state index in [4.69, 9.17) is 27.3 Å². The Balaban J connectivity index is 1.48. The molecule has 2 aromatic rings. The zero-order valence-corrected chi connectivity index (χ0v) is 25.4. The number of nitrogens with two attached hydrogens (primary N) is 1. The maximum absolute atomic E-state index is 13.2. The van der Waals surface area contributed by atoms with E-state index >= 15 is 0 Å². The zero-order chi connectivity index (χ0) is 31.3. The lowest BCUT2D eigenvalue weighted by atomic mass is 10.0. The molecular weight excluding hydrogens is 624 g/mol. The SMILES string of the molecule is CNCCCNc1cc[n+](CC2=C(C(=O)[O-])N3C(=O)[C@@H](NC(=O)/C(=N\O[C@@H](C)C(=O)O)c4nc(N)sc4Cl)[C@H]3SC2)cc1. The van der Waals surface area contributed by atoms with Crippen molar-refractivity contribution >= 4 is 75.0 Å². The number of carbonyl (C=O) groups excluding carboxylic acids is 3. The first-order valence-electron chi connectivity index (χ1n) is 13.0. The van der Waals surface area contributed by atoms with Crippen LogP contribution in [0.1, 0.15) is 19.0 Å². The van der Waals surface area contributed by atoms with Gasteiger partial charge in [-0.25, -0.2) is 14.3 Å². The molecule has 2 aliphatic rings. The second-order valence-corrected chi connectivity index (χ2v) is 12.2. The van der Waals surface area contributed by atoms with Crippen LogP contribution < -0.4 is 31.4 Å². The molecule has 6 N–H and O–H groups in total. The minimum absolute atomic E-state index is 0.00602. The number of thiazole rings is 1. The molecule has 0 bridgehead atoms. The van der Waals surface area contributed by atoms with Gasteiger partial charge in [0.05, 0.1) is 11.7 Å². The monoisotopic (exact) mass is 652 g/mol. The van der Waals surface area contributed by atoms with E-state index in [1.807, 2.05) is 31.6 Å². The van der Waals surface area contributed by atoms with Gasteiger partial charge in [0.25, 0.3) is 11.8 Å². The number of carboxylic acids is 2. The Hall–Kier alpha value is -3.93. The molecule has 0 saturated carbocycles. The number of rotatable bonds is 14. The van der Waals surface area contributed by atoms with Crippen molar-refractivity contribution in [1.29, 1.82) is 0 Å². The maximum atomic E-state index is 13.2. The van der Waals surface area contributed by atoms with Crippen LogP contribution in [0, 0.1) is 0 Å². The van der Waals surface area contributed by atoms with E-state index in [0.29, 0.717) is 5.57 Å². The molecule has 18 heteroatoms. The molecule has 15 nitrogen and oxygen atoms in total. The van der Waals surface area contributed by atoms with Crippen molar-refractivity contribution < 1.29 is 38.8 Å². The third kappa shape index (κ3) is 7.35. The van der Waals surface area contributed by atoms with E-state index in [2.05, 4.69) is 26.1 Å². The number of anilines is 2. The number of carbonyl (C=O) groups is 4. The van der Waals surface area contributed by atoms with Gasteiger partial charge in [-0.3, -0.25) is 14.5 Å². The average Bonchev–Trinajstić information content (AvgIpc) is 3.31. The number of β-lactam (4-membered cyclic amide) rings is 1. The first-order chi connectivity index (χ1) is 20.5. The number of carboxylic acid groups (broad SMARTS) is 2. The molecule has 4 rings (SSSR count). The number of amides is 2. The normalized spacial score (nSPS) is 18.9. The molecule has 43 heavy (non-hydrogen) atoms. The number of thioether (sulfide) groups is 1. The molecule has 0 spiro atoms. The van der Waals surface area contributed by atoms with Crippen LogP contribution in [0.2, 0.25) is 4.34 Å². The molecule has 0 aromatic carbocycles. The van der Waals surface area contributed by atoms with Gasteiger partial charge in [0, 0.05) is 35.7 Å². The molecule has 0 radical (unpaired) electrons. The summed E-state index contributed by atoms with van der Waals surface area (Å²) in [6, 6.07) is 2.63. The summed E-state index contributed by atoms with van der Waals surface area (Å²) in [4.78, 5) is 59.7. The highest BCUT2D eigenvalue weighted by molar-refractivity contribution is 8.00. The summed E-state index contributed by atoms with van der Waals surface area (Å²) in [7, 11) is 1.89. The lowest BCUT2D eigenvalue weighted by Crippen LogP contribution is -2.71. The summed E-state index contributed by atoms with van der Waals surface area (Å²) in [5.41, 5.74) is 6.18. The number of halogens is 1. The second kappa shape index (κ2) is 14.0. The summed E-state index contributed by atoms with van der Waals surface area (Å²) in [6.45, 7) is 3.10. The number of oxime groups is 1. The number of aliphatic carboxylic acids is 2. The molecule has 1 fully saturated rings. The maximum Gasteiger partial charge on any atom is 0.347 e. The van der Waals surface area contributed by atoms with Crippen LogP contribution >= 0.6 is 34.7 Å². The molecule has 3 atom stereocenters. The smallest absolute Gasteiger partial charge is 0.347 e. The summed E-state index contributed by atoms with van der Waals surface area (Å²) < 4.78 is 1.79. The van der Waals surface area contributed by atoms with Gasteiger partial charge in [-0.15, -0.1) is 11.8 Å². The van der Waals surface area contributed by atoms with Crippen molar-refractivity contribution in [2.45, 2.75) is 37.4 Å². The van der Waals surface area contributed by atoms with Gasteiger partial charge in [-0.05, 0) is 26.9 Å². The van der Waals surface area contributed by atoms with Gasteiger partial charge in [0.15, 0.2) is 29.8 Å². The largest absolute Gasteiger partial charge is 0.543 e. The summed E-state index contributed by atoms with van der Waals surface area (Å²) in [5.74, 6) is -4.20. The van der Waals surface area contributed by atoms with Crippen molar-refractivity contribution in [3.8, 4) is 0 Å². The highest BCUT2D eigenvalue weighted by Crippen LogP contribution is 2.40. The van der Waals surface area contributed by atoms with Crippen LogP contribution in [-0.4, -0.2) is 87.9 Å². The molecular formula is C25H29ClN8O7S2. The summed E-state index contributed by atoms with van der Waals surface area (Å²) in [5, 5.41) is 33.1. The number of nitrogens with one attached hydrogen (secondary N) is 3. The van der Waals surface area contributed by atoms with Crippen molar-refractivity contribution in [2.75, 3.05) is 36.9 Å². The highest BCUT2D eigenvalue weighted by atomic mass is 35.5. The fourth-order valence-corrected chi connectivity index (χ4v) is 6.50. The molecule has 0 unspecified atom stereocenters. The Bertz CT molecular complexity index is 1470. The fraction of sp³-hybridized carbons (Fsp3) is 0.400. The standard InChI is InChI=1S/C25H29ClN8O7S2/c1-12(23(37)38)41-32-16(15-19(26)43-25(27)31-15)20(35)30-17-21(36)34-18(24(39)40)13(11-42-22(17)34)10-33-8-4-14(5-9-33)29-7-3-6-28-2/h4-5,8-9,12,17,22,28H,3,6-7,10-11H2,1-2H3,(H5,27,30,31,35,37,38,39,40)/b32-16-/t12-,17+,22+/m0/s1. The molecule has 230 valence electrons. The quantitative estimate of drug-likeness (QED) is 0.0545. The van der Waals surface area contributed by atoms with Gasteiger partial charge in [0.2, 0.25) is 6.10 Å². The number of pyridine rings is 1. The molecule has 1 saturated heterocycles.